The van der Waals surface area contributed by atoms with Crippen LogP contribution >= 0.6 is 0 Å². The maximum atomic E-state index is 11.3. The topological polar surface area (TPSA) is 92.3 Å². The molecule has 0 aliphatic carbocycles. The first kappa shape index (κ1) is 15.2. The highest BCUT2D eigenvalue weighted by Gasteiger charge is 2.30. The van der Waals surface area contributed by atoms with Crippen LogP contribution in [0.3, 0.4) is 0 Å². The van der Waals surface area contributed by atoms with Gasteiger partial charge in [0, 0.05) is 24.7 Å². The van der Waals surface area contributed by atoms with Crippen LogP contribution in [0.25, 0.3) is 0 Å². The van der Waals surface area contributed by atoms with E-state index >= 15 is 0 Å². The Morgan fingerprint density at radius 3 is 2.00 bits per heavy atom. The Morgan fingerprint density at radius 1 is 1.00 bits per heavy atom. The van der Waals surface area contributed by atoms with E-state index < -0.39 is 19.7 Å². The van der Waals surface area contributed by atoms with Crippen LogP contribution < -0.4 is 10.6 Å². The Bertz CT molecular complexity index is 515. The second kappa shape index (κ2) is 5.67. The molecular weight excluding hydrogens is 288 g/mol. The largest absolute Gasteiger partial charge is 0.311 e. The summed E-state index contributed by atoms with van der Waals surface area (Å²) in [6.07, 6.45) is 1.34. The van der Waals surface area contributed by atoms with Gasteiger partial charge in [0.25, 0.3) is 0 Å². The van der Waals surface area contributed by atoms with Crippen LogP contribution in [-0.4, -0.2) is 64.5 Å². The standard InChI is InChI=1S/C11H22N2O4S2/c1-9(13-11-3-5-19(16,17)8-11)6-12-10-2-4-18(14,15)7-10/h9-13H,2-8H2,1H3. The zero-order valence-corrected chi connectivity index (χ0v) is 12.8. The Balaban J connectivity index is 1.69. The lowest BCUT2D eigenvalue weighted by molar-refractivity contribution is 0.426. The Morgan fingerprint density at radius 2 is 1.53 bits per heavy atom. The lowest BCUT2D eigenvalue weighted by Crippen LogP contribution is -2.45. The molecule has 3 atom stereocenters. The van der Waals surface area contributed by atoms with Gasteiger partial charge in [-0.15, -0.1) is 0 Å². The van der Waals surface area contributed by atoms with E-state index in [2.05, 4.69) is 10.6 Å². The summed E-state index contributed by atoms with van der Waals surface area (Å²) in [7, 11) is -5.69. The molecule has 2 aliphatic heterocycles. The van der Waals surface area contributed by atoms with E-state index in [0.717, 1.165) is 0 Å². The highest BCUT2D eigenvalue weighted by Crippen LogP contribution is 2.13. The van der Waals surface area contributed by atoms with Crippen molar-refractivity contribution < 1.29 is 16.8 Å². The quantitative estimate of drug-likeness (QED) is 0.672. The van der Waals surface area contributed by atoms with E-state index in [0.29, 0.717) is 19.4 Å². The molecular formula is C11H22N2O4S2. The highest BCUT2D eigenvalue weighted by molar-refractivity contribution is 7.91. The first-order valence-electron chi connectivity index (χ1n) is 6.66. The third kappa shape index (κ3) is 4.70. The lowest BCUT2D eigenvalue weighted by atomic mass is 10.2. The molecule has 2 saturated heterocycles. The number of rotatable bonds is 5. The van der Waals surface area contributed by atoms with Crippen molar-refractivity contribution in [2.45, 2.75) is 37.9 Å². The molecule has 2 rings (SSSR count). The second-order valence-corrected chi connectivity index (χ2v) is 10.1. The molecule has 2 aliphatic rings. The molecule has 2 heterocycles. The molecule has 0 aromatic heterocycles. The van der Waals surface area contributed by atoms with Crippen LogP contribution in [0.1, 0.15) is 19.8 Å². The number of hydrogen-bond acceptors (Lipinski definition) is 6. The number of sulfone groups is 2. The minimum atomic E-state index is -2.85. The van der Waals surface area contributed by atoms with Gasteiger partial charge in [0.2, 0.25) is 0 Å². The van der Waals surface area contributed by atoms with Gasteiger partial charge in [-0.1, -0.05) is 0 Å². The predicted molar refractivity (Wildman–Crippen MR) is 74.7 cm³/mol. The summed E-state index contributed by atoms with van der Waals surface area (Å²) >= 11 is 0. The summed E-state index contributed by atoms with van der Waals surface area (Å²) < 4.78 is 45.3. The first-order valence-corrected chi connectivity index (χ1v) is 10.3. The molecule has 112 valence electrons. The van der Waals surface area contributed by atoms with Crippen LogP contribution in [0.5, 0.6) is 0 Å². The maximum Gasteiger partial charge on any atom is 0.151 e. The fraction of sp³-hybridized carbons (Fsp3) is 1.00. The average molecular weight is 310 g/mol. The third-order valence-electron chi connectivity index (χ3n) is 3.70. The van der Waals surface area contributed by atoms with Gasteiger partial charge in [0.05, 0.1) is 23.0 Å². The van der Waals surface area contributed by atoms with Crippen molar-refractivity contribution in [3.63, 3.8) is 0 Å². The minimum absolute atomic E-state index is 0.0362. The van der Waals surface area contributed by atoms with E-state index in [1.807, 2.05) is 6.92 Å². The molecule has 0 spiro atoms. The fourth-order valence-electron chi connectivity index (χ4n) is 2.69. The van der Waals surface area contributed by atoms with Gasteiger partial charge in [-0.2, -0.15) is 0 Å². The molecule has 0 radical (unpaired) electrons. The maximum absolute atomic E-state index is 11.3. The number of hydrogen-bond donors (Lipinski definition) is 2. The van der Waals surface area contributed by atoms with Crippen molar-refractivity contribution in [1.82, 2.24) is 10.6 Å². The van der Waals surface area contributed by atoms with Crippen LogP contribution in [0.15, 0.2) is 0 Å². The van der Waals surface area contributed by atoms with Gasteiger partial charge in [0.1, 0.15) is 0 Å². The molecule has 2 fully saturated rings. The molecule has 0 amide bonds. The fourth-order valence-corrected chi connectivity index (χ4v) is 6.08. The zero-order valence-electron chi connectivity index (χ0n) is 11.1. The summed E-state index contributed by atoms with van der Waals surface area (Å²) in [4.78, 5) is 0. The van der Waals surface area contributed by atoms with Crippen LogP contribution in [-0.2, 0) is 19.7 Å². The van der Waals surface area contributed by atoms with Gasteiger partial charge < -0.3 is 10.6 Å². The Hall–Kier alpha value is -0.180. The van der Waals surface area contributed by atoms with Crippen molar-refractivity contribution >= 4 is 19.7 Å². The van der Waals surface area contributed by atoms with E-state index in [4.69, 9.17) is 0 Å². The Kier molecular flexibility index (Phi) is 4.54. The molecule has 0 bridgehead atoms. The SMILES string of the molecule is CC(CNC1CCS(=O)(=O)C1)NC1CCS(=O)(=O)C1. The van der Waals surface area contributed by atoms with Gasteiger partial charge in [-0.3, -0.25) is 0 Å². The summed E-state index contributed by atoms with van der Waals surface area (Å²) in [5.41, 5.74) is 0. The lowest BCUT2D eigenvalue weighted by Gasteiger charge is -2.20. The third-order valence-corrected chi connectivity index (χ3v) is 7.23. The summed E-state index contributed by atoms with van der Waals surface area (Å²) in [5.74, 6) is 0.978. The van der Waals surface area contributed by atoms with Crippen molar-refractivity contribution in [2.75, 3.05) is 29.6 Å². The van der Waals surface area contributed by atoms with Gasteiger partial charge in [0.15, 0.2) is 19.7 Å². The Labute approximate surface area is 115 Å². The van der Waals surface area contributed by atoms with E-state index in [9.17, 15) is 16.8 Å². The molecule has 2 N–H and O–H groups in total. The van der Waals surface area contributed by atoms with E-state index in [1.165, 1.54) is 0 Å². The molecule has 8 heteroatoms. The summed E-state index contributed by atoms with van der Waals surface area (Å²) in [5, 5.41) is 6.53. The van der Waals surface area contributed by atoms with Crippen LogP contribution in [0, 0.1) is 0 Å². The monoisotopic (exact) mass is 310 g/mol. The van der Waals surface area contributed by atoms with Crippen molar-refractivity contribution in [3.8, 4) is 0 Å². The van der Waals surface area contributed by atoms with Gasteiger partial charge in [-0.25, -0.2) is 16.8 Å². The molecule has 3 unspecified atom stereocenters. The van der Waals surface area contributed by atoms with Crippen LogP contribution in [0.4, 0.5) is 0 Å². The zero-order chi connectivity index (χ0) is 14.1. The predicted octanol–water partition coefficient (Wildman–Crippen LogP) is -1.07. The van der Waals surface area contributed by atoms with Crippen LogP contribution in [0.2, 0.25) is 0 Å². The first-order chi connectivity index (χ1) is 8.76. The van der Waals surface area contributed by atoms with Crippen molar-refractivity contribution in [1.29, 1.82) is 0 Å². The van der Waals surface area contributed by atoms with Crippen molar-refractivity contribution in [3.05, 3.63) is 0 Å². The van der Waals surface area contributed by atoms with E-state index in [-0.39, 0.29) is 41.1 Å². The molecule has 6 nitrogen and oxygen atoms in total. The molecule has 19 heavy (non-hydrogen) atoms. The minimum Gasteiger partial charge on any atom is -0.311 e. The summed E-state index contributed by atoms with van der Waals surface area (Å²) in [6.45, 7) is 2.65. The molecule has 0 saturated carbocycles. The smallest absolute Gasteiger partial charge is 0.151 e. The highest BCUT2D eigenvalue weighted by atomic mass is 32.2. The molecule has 0 aromatic rings. The van der Waals surface area contributed by atoms with Gasteiger partial charge in [-0.05, 0) is 19.8 Å². The average Bonchev–Trinajstić information content (AvgIpc) is 2.78. The van der Waals surface area contributed by atoms with Gasteiger partial charge >= 0.3 is 0 Å². The molecule has 0 aromatic carbocycles. The second-order valence-electron chi connectivity index (χ2n) is 5.68. The van der Waals surface area contributed by atoms with E-state index in [1.54, 1.807) is 0 Å². The normalized spacial score (nSPS) is 34.4. The number of nitrogens with one attached hydrogen (secondary N) is 2. The summed E-state index contributed by atoms with van der Waals surface area (Å²) in [6, 6.07) is 0.220. The van der Waals surface area contributed by atoms with Crippen molar-refractivity contribution in [2.24, 2.45) is 0 Å².